The lowest BCUT2D eigenvalue weighted by Gasteiger charge is -2.15. The number of benzene rings is 2. The number of carbonyl (C=O) groups is 1. The van der Waals surface area contributed by atoms with Crippen LogP contribution in [-0.4, -0.2) is 11.0 Å². The Kier molecular flexibility index (Phi) is 3.42. The number of amides is 1. The average molecular weight is 308 g/mol. The van der Waals surface area contributed by atoms with Crippen LogP contribution in [0.1, 0.15) is 22.8 Å². The molecule has 102 valence electrons. The zero-order chi connectivity index (χ0) is 14.3. The number of anilines is 1. The van der Waals surface area contributed by atoms with Crippen LogP contribution in [0.2, 0.25) is 10.0 Å². The van der Waals surface area contributed by atoms with Gasteiger partial charge in [-0.1, -0.05) is 41.4 Å². The second kappa shape index (κ2) is 5.09. The fourth-order valence-corrected chi connectivity index (χ4v) is 2.96. The number of carbonyl (C=O) groups excluding carboxylic acids is 1. The van der Waals surface area contributed by atoms with E-state index in [-0.39, 0.29) is 5.91 Å². The van der Waals surface area contributed by atoms with E-state index in [1.807, 2.05) is 0 Å². The van der Waals surface area contributed by atoms with E-state index in [2.05, 4.69) is 5.32 Å². The second-order valence-electron chi connectivity index (χ2n) is 4.68. The molecule has 0 aliphatic carbocycles. The van der Waals surface area contributed by atoms with Crippen LogP contribution in [0, 0.1) is 0 Å². The van der Waals surface area contributed by atoms with Crippen LogP contribution in [0.15, 0.2) is 36.4 Å². The molecule has 1 unspecified atom stereocenters. The highest BCUT2D eigenvalue weighted by molar-refractivity contribution is 6.36. The smallest absolute Gasteiger partial charge is 0.228 e. The lowest BCUT2D eigenvalue weighted by atomic mass is 9.98. The van der Waals surface area contributed by atoms with Crippen molar-refractivity contribution in [1.29, 1.82) is 0 Å². The van der Waals surface area contributed by atoms with E-state index >= 15 is 0 Å². The zero-order valence-corrected chi connectivity index (χ0v) is 11.9. The molecule has 2 aromatic rings. The summed E-state index contributed by atoms with van der Waals surface area (Å²) in [6, 6.07) is 10.4. The number of nitrogens with one attached hydrogen (secondary N) is 1. The number of aliphatic hydroxyl groups is 1. The van der Waals surface area contributed by atoms with Crippen LogP contribution < -0.4 is 5.32 Å². The Morgan fingerprint density at radius 3 is 2.55 bits per heavy atom. The maximum atomic E-state index is 11.3. The van der Waals surface area contributed by atoms with Crippen LogP contribution >= 0.6 is 23.2 Å². The largest absolute Gasteiger partial charge is 0.384 e. The molecule has 3 nitrogen and oxygen atoms in total. The van der Waals surface area contributed by atoms with Crippen molar-refractivity contribution in [2.75, 3.05) is 5.32 Å². The molecule has 0 aromatic heterocycles. The van der Waals surface area contributed by atoms with Gasteiger partial charge in [0.25, 0.3) is 0 Å². The number of hydrogen-bond donors (Lipinski definition) is 2. The van der Waals surface area contributed by atoms with Gasteiger partial charge in [0, 0.05) is 21.3 Å². The van der Waals surface area contributed by atoms with Crippen molar-refractivity contribution >= 4 is 34.8 Å². The number of rotatable bonds is 2. The first-order valence-electron chi connectivity index (χ1n) is 6.11. The van der Waals surface area contributed by atoms with E-state index < -0.39 is 6.10 Å². The minimum atomic E-state index is -0.919. The highest BCUT2D eigenvalue weighted by Gasteiger charge is 2.22. The molecule has 1 aliphatic rings. The third-order valence-electron chi connectivity index (χ3n) is 3.34. The molecule has 20 heavy (non-hydrogen) atoms. The first-order valence-corrected chi connectivity index (χ1v) is 6.86. The first kappa shape index (κ1) is 13.4. The monoisotopic (exact) mass is 307 g/mol. The SMILES string of the molecule is O=C1Cc2cc(C(O)c3c(Cl)cccc3Cl)ccc2N1. The Morgan fingerprint density at radius 1 is 1.15 bits per heavy atom. The van der Waals surface area contributed by atoms with Crippen molar-refractivity contribution in [3.05, 3.63) is 63.1 Å². The summed E-state index contributed by atoms with van der Waals surface area (Å²) >= 11 is 12.2. The molecule has 1 heterocycles. The summed E-state index contributed by atoms with van der Waals surface area (Å²) in [5.41, 5.74) is 2.80. The van der Waals surface area contributed by atoms with Gasteiger partial charge in [-0.3, -0.25) is 4.79 Å². The van der Waals surface area contributed by atoms with Crippen molar-refractivity contribution in [2.24, 2.45) is 0 Å². The lowest BCUT2D eigenvalue weighted by molar-refractivity contribution is -0.115. The molecule has 1 aliphatic heterocycles. The van der Waals surface area contributed by atoms with Gasteiger partial charge in [0.1, 0.15) is 6.10 Å². The predicted octanol–water partition coefficient (Wildman–Crippen LogP) is 3.57. The van der Waals surface area contributed by atoms with Crippen LogP contribution in [0.3, 0.4) is 0 Å². The van der Waals surface area contributed by atoms with Crippen LogP contribution in [0.4, 0.5) is 5.69 Å². The topological polar surface area (TPSA) is 49.3 Å². The van der Waals surface area contributed by atoms with Crippen molar-refractivity contribution in [1.82, 2.24) is 0 Å². The lowest BCUT2D eigenvalue weighted by Crippen LogP contribution is -2.03. The highest BCUT2D eigenvalue weighted by atomic mass is 35.5. The molecule has 1 atom stereocenters. The molecule has 3 rings (SSSR count). The predicted molar refractivity (Wildman–Crippen MR) is 79.3 cm³/mol. The molecule has 0 saturated carbocycles. The minimum absolute atomic E-state index is 0.0394. The van der Waals surface area contributed by atoms with Gasteiger partial charge in [-0.2, -0.15) is 0 Å². The summed E-state index contributed by atoms with van der Waals surface area (Å²) in [4.78, 5) is 11.3. The maximum Gasteiger partial charge on any atom is 0.228 e. The van der Waals surface area contributed by atoms with E-state index in [4.69, 9.17) is 23.2 Å². The van der Waals surface area contributed by atoms with E-state index in [0.717, 1.165) is 11.3 Å². The Hall–Kier alpha value is -1.55. The molecule has 0 radical (unpaired) electrons. The van der Waals surface area contributed by atoms with Crippen molar-refractivity contribution in [3.63, 3.8) is 0 Å². The summed E-state index contributed by atoms with van der Waals surface area (Å²) < 4.78 is 0. The third-order valence-corrected chi connectivity index (χ3v) is 4.00. The van der Waals surface area contributed by atoms with Gasteiger partial charge in [-0.15, -0.1) is 0 Å². The van der Waals surface area contributed by atoms with Gasteiger partial charge in [-0.25, -0.2) is 0 Å². The van der Waals surface area contributed by atoms with Gasteiger partial charge in [-0.05, 0) is 29.3 Å². The number of fused-ring (bicyclic) bond motifs is 1. The Bertz CT molecular complexity index is 680. The minimum Gasteiger partial charge on any atom is -0.384 e. The number of hydrogen-bond acceptors (Lipinski definition) is 2. The second-order valence-corrected chi connectivity index (χ2v) is 5.49. The fourth-order valence-electron chi connectivity index (χ4n) is 2.36. The Labute approximate surface area is 126 Å². The zero-order valence-electron chi connectivity index (χ0n) is 10.4. The molecule has 0 bridgehead atoms. The van der Waals surface area contributed by atoms with Crippen LogP contribution in [-0.2, 0) is 11.2 Å². The first-order chi connectivity index (χ1) is 9.56. The van der Waals surface area contributed by atoms with Gasteiger partial charge in [0.15, 0.2) is 0 Å². The van der Waals surface area contributed by atoms with E-state index in [0.29, 0.717) is 27.6 Å². The molecule has 0 spiro atoms. The van der Waals surface area contributed by atoms with Gasteiger partial charge >= 0.3 is 0 Å². The highest BCUT2D eigenvalue weighted by Crippen LogP contribution is 2.35. The van der Waals surface area contributed by atoms with Crippen LogP contribution in [0.25, 0.3) is 0 Å². The van der Waals surface area contributed by atoms with Crippen molar-refractivity contribution in [3.8, 4) is 0 Å². The molecular weight excluding hydrogens is 297 g/mol. The molecule has 1 amide bonds. The van der Waals surface area contributed by atoms with E-state index in [9.17, 15) is 9.90 Å². The fraction of sp³-hybridized carbons (Fsp3) is 0.133. The molecule has 5 heteroatoms. The number of aliphatic hydroxyl groups excluding tert-OH is 1. The van der Waals surface area contributed by atoms with Gasteiger partial charge in [0.2, 0.25) is 5.91 Å². The summed E-state index contributed by atoms with van der Waals surface area (Å²) in [6.45, 7) is 0. The Morgan fingerprint density at radius 2 is 1.85 bits per heavy atom. The van der Waals surface area contributed by atoms with Crippen molar-refractivity contribution < 1.29 is 9.90 Å². The maximum absolute atomic E-state index is 11.3. The molecular formula is C15H11Cl2NO2. The molecule has 2 N–H and O–H groups in total. The van der Waals surface area contributed by atoms with Crippen molar-refractivity contribution in [2.45, 2.75) is 12.5 Å². The summed E-state index contributed by atoms with van der Waals surface area (Å²) in [6.07, 6.45) is -0.594. The van der Waals surface area contributed by atoms with Gasteiger partial charge < -0.3 is 10.4 Å². The normalized spacial score (nSPS) is 14.8. The third kappa shape index (κ3) is 2.29. The summed E-state index contributed by atoms with van der Waals surface area (Å²) in [7, 11) is 0. The quantitative estimate of drug-likeness (QED) is 0.891. The molecule has 0 fully saturated rings. The Balaban J connectivity index is 2.02. The average Bonchev–Trinajstić information content (AvgIpc) is 2.77. The number of halogens is 2. The summed E-state index contributed by atoms with van der Waals surface area (Å²) in [5.74, 6) is -0.0394. The van der Waals surface area contributed by atoms with Gasteiger partial charge in [0.05, 0.1) is 6.42 Å². The standard InChI is InChI=1S/C15H11Cl2NO2/c16-10-2-1-3-11(17)14(10)15(20)8-4-5-12-9(6-8)7-13(19)18-12/h1-6,15,20H,7H2,(H,18,19). The summed E-state index contributed by atoms with van der Waals surface area (Å²) in [5, 5.41) is 14.1. The molecule has 0 saturated heterocycles. The molecule has 2 aromatic carbocycles. The van der Waals surface area contributed by atoms with E-state index in [1.165, 1.54) is 0 Å². The van der Waals surface area contributed by atoms with Crippen LogP contribution in [0.5, 0.6) is 0 Å². The van der Waals surface area contributed by atoms with E-state index in [1.54, 1.807) is 36.4 Å².